The van der Waals surface area contributed by atoms with Crippen molar-refractivity contribution in [1.82, 2.24) is 0 Å². The molecule has 27 heavy (non-hydrogen) atoms. The zero-order valence-corrected chi connectivity index (χ0v) is 14.0. The molecular formula is C10H8F6O9S2. The second kappa shape index (κ2) is 5.46. The lowest BCUT2D eigenvalue weighted by Crippen LogP contribution is -2.64. The Morgan fingerprint density at radius 3 is 2.15 bits per heavy atom. The molecule has 17 heteroatoms. The van der Waals surface area contributed by atoms with Crippen molar-refractivity contribution in [2.75, 3.05) is 0 Å². The highest BCUT2D eigenvalue weighted by atomic mass is 32.2. The van der Waals surface area contributed by atoms with Gasteiger partial charge in [0.1, 0.15) is 17.5 Å². The van der Waals surface area contributed by atoms with E-state index in [1.807, 2.05) is 0 Å². The molecule has 3 saturated heterocycles. The highest BCUT2D eigenvalue weighted by molar-refractivity contribution is 7.88. The molecule has 0 aromatic rings. The van der Waals surface area contributed by atoms with Gasteiger partial charge in [0.05, 0.1) is 6.10 Å². The summed E-state index contributed by atoms with van der Waals surface area (Å²) >= 11 is 0. The molecular weight excluding hydrogens is 442 g/mol. The number of rotatable bonds is 4. The van der Waals surface area contributed by atoms with Crippen molar-refractivity contribution < 1.29 is 66.2 Å². The quantitative estimate of drug-likeness (QED) is 0.270. The average molecular weight is 450 g/mol. The number of carbonyl (C=O) groups excluding carboxylic acids is 1. The van der Waals surface area contributed by atoms with E-state index in [2.05, 4.69) is 8.92 Å². The fourth-order valence-corrected chi connectivity index (χ4v) is 5.49. The number of halogens is 6. The summed E-state index contributed by atoms with van der Waals surface area (Å²) in [6, 6.07) is 0. The van der Waals surface area contributed by atoms with Gasteiger partial charge in [-0.2, -0.15) is 38.8 Å². The maximum atomic E-state index is 14.3. The van der Waals surface area contributed by atoms with E-state index in [9.17, 15) is 48.0 Å². The maximum Gasteiger partial charge on any atom is 0.458 e. The fourth-order valence-electron chi connectivity index (χ4n) is 3.15. The van der Waals surface area contributed by atoms with Crippen LogP contribution in [0.1, 0.15) is 6.42 Å². The average Bonchev–Trinajstić information content (AvgIpc) is 3.07. The Balaban J connectivity index is 1.94. The Morgan fingerprint density at radius 2 is 1.67 bits per heavy atom. The normalized spacial score (nSPS) is 37.2. The van der Waals surface area contributed by atoms with E-state index >= 15 is 0 Å². The number of ether oxygens (including phenoxy) is 2. The topological polar surface area (TPSA) is 133 Å². The largest absolute Gasteiger partial charge is 0.458 e. The van der Waals surface area contributed by atoms with E-state index in [0.717, 1.165) is 0 Å². The fraction of sp³-hybridized carbons (Fsp3) is 0.900. The van der Waals surface area contributed by atoms with Crippen molar-refractivity contribution in [2.45, 2.75) is 53.2 Å². The van der Waals surface area contributed by atoms with E-state index < -0.39 is 79.4 Å². The summed E-state index contributed by atoms with van der Waals surface area (Å²) in [6.07, 6.45) is -13.6. The molecule has 156 valence electrons. The Labute approximate surface area is 146 Å². The number of hydrogen-bond acceptors (Lipinski definition) is 8. The zero-order chi connectivity index (χ0) is 20.8. The van der Waals surface area contributed by atoms with E-state index in [0.29, 0.717) is 0 Å². The van der Waals surface area contributed by atoms with Crippen molar-refractivity contribution >= 4 is 26.2 Å². The number of hydrogen-bond donors (Lipinski definition) is 1. The second-order valence-electron chi connectivity index (χ2n) is 5.98. The zero-order valence-electron chi connectivity index (χ0n) is 12.4. The predicted octanol–water partition coefficient (Wildman–Crippen LogP) is -0.0823. The lowest BCUT2D eigenvalue weighted by Gasteiger charge is -2.32. The molecule has 0 amide bonds. The first-order valence-corrected chi connectivity index (χ1v) is 9.75. The SMILES string of the molecule is O=C(OC1C2CC3C(O2)C1OS3(=O)=O)C(F)(C(F)(F)C(F)(F)F)S(=O)(=O)O. The maximum absolute atomic E-state index is 14.3. The molecule has 9 nitrogen and oxygen atoms in total. The van der Waals surface area contributed by atoms with Crippen LogP contribution in [0.2, 0.25) is 0 Å². The van der Waals surface area contributed by atoms with Gasteiger partial charge in [-0.05, 0) is 6.42 Å². The summed E-state index contributed by atoms with van der Waals surface area (Å²) in [6.45, 7) is 0. The number of alkyl halides is 6. The van der Waals surface area contributed by atoms with Crippen LogP contribution < -0.4 is 0 Å². The minimum atomic E-state index is -7.01. The summed E-state index contributed by atoms with van der Waals surface area (Å²) < 4.78 is 146. The Morgan fingerprint density at radius 1 is 1.11 bits per heavy atom. The smallest absolute Gasteiger partial charge is 0.453 e. The minimum Gasteiger partial charge on any atom is -0.453 e. The summed E-state index contributed by atoms with van der Waals surface area (Å²) in [5, 5.41) is -7.45. The van der Waals surface area contributed by atoms with Crippen molar-refractivity contribution in [3.63, 3.8) is 0 Å². The lowest BCUT2D eigenvalue weighted by molar-refractivity contribution is -0.311. The number of fused-ring (bicyclic) bond motifs is 1. The molecule has 3 fully saturated rings. The van der Waals surface area contributed by atoms with Gasteiger partial charge in [0.15, 0.2) is 6.10 Å². The van der Waals surface area contributed by atoms with E-state index in [-0.39, 0.29) is 0 Å². The summed E-state index contributed by atoms with van der Waals surface area (Å²) in [5.41, 5.74) is 0. The number of esters is 1. The molecule has 0 aliphatic carbocycles. The van der Waals surface area contributed by atoms with Crippen LogP contribution in [-0.4, -0.2) is 74.1 Å². The molecule has 3 rings (SSSR count). The molecule has 1 N–H and O–H groups in total. The van der Waals surface area contributed by atoms with E-state index in [4.69, 9.17) is 9.29 Å². The predicted molar refractivity (Wildman–Crippen MR) is 67.1 cm³/mol. The molecule has 2 bridgehead atoms. The molecule has 3 aliphatic rings. The van der Waals surface area contributed by atoms with Crippen molar-refractivity contribution in [3.8, 4) is 0 Å². The van der Waals surface area contributed by atoms with E-state index in [1.54, 1.807) is 0 Å². The van der Waals surface area contributed by atoms with Crippen molar-refractivity contribution in [2.24, 2.45) is 0 Å². The van der Waals surface area contributed by atoms with Gasteiger partial charge >= 0.3 is 33.2 Å². The molecule has 0 aromatic heterocycles. The standard InChI is InChI=1S/C10H8F6O9S2/c11-8(27(20,21)22,9(12,13)10(14,15)16)7(17)24-4-2-1-3-5(23-2)6(4)25-26(3,18)19/h2-6H,1H2,(H,20,21,22). The van der Waals surface area contributed by atoms with Gasteiger partial charge in [-0.1, -0.05) is 0 Å². The Hall–Kier alpha value is -1.17. The molecule has 6 unspecified atom stereocenters. The molecule has 0 saturated carbocycles. The van der Waals surface area contributed by atoms with Gasteiger partial charge in [-0.25, -0.2) is 9.18 Å². The Bertz CT molecular complexity index is 883. The van der Waals surface area contributed by atoms with Crippen LogP contribution >= 0.6 is 0 Å². The molecule has 0 radical (unpaired) electrons. The highest BCUT2D eigenvalue weighted by Crippen LogP contribution is 2.51. The monoisotopic (exact) mass is 450 g/mol. The third kappa shape index (κ3) is 2.58. The molecule has 0 spiro atoms. The first kappa shape index (κ1) is 20.6. The second-order valence-corrected chi connectivity index (χ2v) is 9.28. The van der Waals surface area contributed by atoms with Crippen LogP contribution in [0.4, 0.5) is 26.3 Å². The Kier molecular flexibility index (Phi) is 4.16. The van der Waals surface area contributed by atoms with Crippen molar-refractivity contribution in [3.05, 3.63) is 0 Å². The van der Waals surface area contributed by atoms with Gasteiger partial charge < -0.3 is 9.47 Å². The van der Waals surface area contributed by atoms with E-state index in [1.165, 1.54) is 0 Å². The van der Waals surface area contributed by atoms with Crippen LogP contribution in [0.5, 0.6) is 0 Å². The molecule has 3 heterocycles. The first-order valence-electron chi connectivity index (χ1n) is 6.84. The van der Waals surface area contributed by atoms with Crippen molar-refractivity contribution in [1.29, 1.82) is 0 Å². The lowest BCUT2D eigenvalue weighted by atomic mass is 9.94. The van der Waals surface area contributed by atoms with Crippen LogP contribution in [0, 0.1) is 0 Å². The molecule has 3 aliphatic heterocycles. The number of carbonyl (C=O) groups is 1. The third-order valence-electron chi connectivity index (χ3n) is 4.41. The van der Waals surface area contributed by atoms with Gasteiger partial charge in [-0.3, -0.25) is 8.74 Å². The van der Waals surface area contributed by atoms with Crippen LogP contribution in [0.25, 0.3) is 0 Å². The van der Waals surface area contributed by atoms with Gasteiger partial charge in [0.2, 0.25) is 0 Å². The summed E-state index contributed by atoms with van der Waals surface area (Å²) in [5.74, 6) is -10.2. The molecule has 6 atom stereocenters. The minimum absolute atomic E-state index is 0.414. The first-order chi connectivity index (χ1) is 11.9. The van der Waals surface area contributed by atoms with Crippen LogP contribution in [0.15, 0.2) is 0 Å². The van der Waals surface area contributed by atoms with Gasteiger partial charge in [0, 0.05) is 0 Å². The van der Waals surface area contributed by atoms with Crippen LogP contribution in [-0.2, 0) is 38.7 Å². The highest BCUT2D eigenvalue weighted by Gasteiger charge is 2.82. The third-order valence-corrected chi connectivity index (χ3v) is 7.24. The van der Waals surface area contributed by atoms with Gasteiger partial charge in [-0.15, -0.1) is 0 Å². The molecule has 0 aromatic carbocycles. The van der Waals surface area contributed by atoms with Crippen LogP contribution in [0.3, 0.4) is 0 Å². The van der Waals surface area contributed by atoms with Gasteiger partial charge in [0.25, 0.3) is 10.1 Å². The summed E-state index contributed by atoms with van der Waals surface area (Å²) in [4.78, 5) is 11.7. The summed E-state index contributed by atoms with van der Waals surface area (Å²) in [7, 11) is -11.2.